The fraction of sp³-hybridized carbons (Fsp3) is 0.250. The third-order valence-electron chi connectivity index (χ3n) is 5.03. The van der Waals surface area contributed by atoms with Gasteiger partial charge in [0.2, 0.25) is 11.8 Å². The Bertz CT molecular complexity index is 1020. The number of halogens is 1. The molecule has 1 aromatic heterocycles. The summed E-state index contributed by atoms with van der Waals surface area (Å²) in [6, 6.07) is 10.8. The number of carboxylic acids is 1. The van der Waals surface area contributed by atoms with Crippen LogP contribution in [0.4, 0.5) is 10.1 Å². The lowest BCUT2D eigenvalue weighted by molar-refractivity contribution is -0.157. The third-order valence-corrected chi connectivity index (χ3v) is 5.03. The molecular weight excluding hydrogens is 351 g/mol. The van der Waals surface area contributed by atoms with Crippen LogP contribution in [0.15, 0.2) is 46.9 Å². The molecule has 27 heavy (non-hydrogen) atoms. The van der Waals surface area contributed by atoms with E-state index in [1.807, 2.05) is 0 Å². The summed E-state index contributed by atoms with van der Waals surface area (Å²) in [5.74, 6) is -1.24. The zero-order valence-electron chi connectivity index (χ0n) is 14.4. The summed E-state index contributed by atoms with van der Waals surface area (Å²) < 4.78 is 18.8. The summed E-state index contributed by atoms with van der Waals surface area (Å²) in [4.78, 5) is 28.0. The number of carbonyl (C=O) groups excluding carboxylic acids is 1. The van der Waals surface area contributed by atoms with Gasteiger partial charge in [0.15, 0.2) is 5.58 Å². The number of oxazole rings is 1. The van der Waals surface area contributed by atoms with Crippen LogP contribution in [0, 0.1) is 11.2 Å². The Kier molecular flexibility index (Phi) is 4.14. The third kappa shape index (κ3) is 3.28. The molecule has 3 aromatic rings. The molecule has 1 amide bonds. The average Bonchev–Trinajstić information content (AvgIpc) is 3.01. The lowest BCUT2D eigenvalue weighted by Gasteiger charge is -2.36. The monoisotopic (exact) mass is 368 g/mol. The molecule has 2 N–H and O–H groups in total. The quantitative estimate of drug-likeness (QED) is 0.703. The van der Waals surface area contributed by atoms with Gasteiger partial charge in [0, 0.05) is 23.7 Å². The van der Waals surface area contributed by atoms with Crippen molar-refractivity contribution in [2.24, 2.45) is 5.41 Å². The van der Waals surface area contributed by atoms with Crippen molar-refractivity contribution in [3.8, 4) is 11.5 Å². The van der Waals surface area contributed by atoms with Crippen LogP contribution in [0.1, 0.15) is 25.7 Å². The molecular formula is C20H17FN2O4. The highest BCUT2D eigenvalue weighted by atomic mass is 19.1. The molecule has 0 unspecified atom stereocenters. The molecule has 0 spiro atoms. The number of nitrogens with one attached hydrogen (secondary N) is 1. The van der Waals surface area contributed by atoms with Crippen LogP contribution in [-0.4, -0.2) is 22.0 Å². The standard InChI is InChI=1S/C20H17FN2O4/c21-13-4-2-12(3-5-13)18-23-15-7-6-14(10-16(15)27-18)22-17(24)11-20(19(25)26)8-1-9-20/h2-7,10H,1,8-9,11H2,(H,22,24)(H,25,26). The zero-order chi connectivity index (χ0) is 19.0. The molecule has 1 aliphatic carbocycles. The number of carboxylic acid groups (broad SMARTS) is 1. The predicted octanol–water partition coefficient (Wildman–Crippen LogP) is 4.22. The van der Waals surface area contributed by atoms with Gasteiger partial charge >= 0.3 is 5.97 Å². The van der Waals surface area contributed by atoms with E-state index in [0.717, 1.165) is 6.42 Å². The van der Waals surface area contributed by atoms with Gasteiger partial charge in [-0.25, -0.2) is 9.37 Å². The van der Waals surface area contributed by atoms with Gasteiger partial charge in [-0.05, 0) is 49.2 Å². The summed E-state index contributed by atoms with van der Waals surface area (Å²) in [5.41, 5.74) is 1.30. The van der Waals surface area contributed by atoms with E-state index in [1.165, 1.54) is 12.1 Å². The minimum atomic E-state index is -0.934. The Morgan fingerprint density at radius 1 is 1.19 bits per heavy atom. The summed E-state index contributed by atoms with van der Waals surface area (Å²) in [6.07, 6.45) is 1.84. The van der Waals surface area contributed by atoms with Gasteiger partial charge in [-0.2, -0.15) is 0 Å². The first kappa shape index (κ1) is 17.2. The van der Waals surface area contributed by atoms with Gasteiger partial charge in [-0.15, -0.1) is 0 Å². The van der Waals surface area contributed by atoms with Gasteiger partial charge < -0.3 is 14.8 Å². The van der Waals surface area contributed by atoms with E-state index in [1.54, 1.807) is 30.3 Å². The van der Waals surface area contributed by atoms with Gasteiger partial charge in [0.25, 0.3) is 0 Å². The summed E-state index contributed by atoms with van der Waals surface area (Å²) in [6.45, 7) is 0. The molecule has 2 aromatic carbocycles. The number of rotatable bonds is 5. The van der Waals surface area contributed by atoms with Crippen molar-refractivity contribution in [3.63, 3.8) is 0 Å². The van der Waals surface area contributed by atoms with Gasteiger partial charge in [-0.3, -0.25) is 9.59 Å². The lowest BCUT2D eigenvalue weighted by Crippen LogP contribution is -2.41. The van der Waals surface area contributed by atoms with E-state index < -0.39 is 11.4 Å². The van der Waals surface area contributed by atoms with Crippen molar-refractivity contribution in [2.45, 2.75) is 25.7 Å². The van der Waals surface area contributed by atoms with Crippen LogP contribution < -0.4 is 5.32 Å². The number of aliphatic carboxylic acids is 1. The number of carbonyl (C=O) groups is 2. The molecule has 0 bridgehead atoms. The molecule has 0 aliphatic heterocycles. The average molecular weight is 368 g/mol. The second-order valence-corrected chi connectivity index (χ2v) is 6.87. The number of amides is 1. The van der Waals surface area contributed by atoms with Crippen LogP contribution in [-0.2, 0) is 9.59 Å². The van der Waals surface area contributed by atoms with Crippen molar-refractivity contribution in [2.75, 3.05) is 5.32 Å². The topological polar surface area (TPSA) is 92.4 Å². The van der Waals surface area contributed by atoms with Gasteiger partial charge in [-0.1, -0.05) is 6.42 Å². The normalized spacial score (nSPS) is 15.3. The van der Waals surface area contributed by atoms with E-state index in [0.29, 0.717) is 41.1 Å². The summed E-state index contributed by atoms with van der Waals surface area (Å²) in [5, 5.41) is 12.1. The van der Waals surface area contributed by atoms with Crippen LogP contribution in [0.2, 0.25) is 0 Å². The Labute approximate surface area is 154 Å². The van der Waals surface area contributed by atoms with Crippen molar-refractivity contribution >= 4 is 28.7 Å². The SMILES string of the molecule is O=C(CC1(C(=O)O)CCC1)Nc1ccc2nc(-c3ccc(F)cc3)oc2c1. The highest BCUT2D eigenvalue weighted by molar-refractivity contribution is 5.96. The van der Waals surface area contributed by atoms with Gasteiger partial charge in [0.1, 0.15) is 11.3 Å². The number of benzene rings is 2. The molecule has 1 fully saturated rings. The first-order valence-corrected chi connectivity index (χ1v) is 8.65. The Balaban J connectivity index is 1.52. The number of fused-ring (bicyclic) bond motifs is 1. The largest absolute Gasteiger partial charge is 0.481 e. The first-order valence-electron chi connectivity index (χ1n) is 8.65. The van der Waals surface area contributed by atoms with Crippen molar-refractivity contribution in [1.82, 2.24) is 4.98 Å². The molecule has 4 rings (SSSR count). The molecule has 0 saturated heterocycles. The molecule has 1 heterocycles. The molecule has 1 aliphatic rings. The van der Waals surface area contributed by atoms with Crippen LogP contribution >= 0.6 is 0 Å². The van der Waals surface area contributed by atoms with E-state index in [-0.39, 0.29) is 18.1 Å². The predicted molar refractivity (Wildman–Crippen MR) is 96.6 cm³/mol. The molecule has 1 saturated carbocycles. The van der Waals surface area contributed by atoms with Crippen LogP contribution in [0.3, 0.4) is 0 Å². The van der Waals surface area contributed by atoms with Crippen LogP contribution in [0.25, 0.3) is 22.6 Å². The van der Waals surface area contributed by atoms with E-state index in [2.05, 4.69) is 10.3 Å². The maximum atomic E-state index is 13.1. The van der Waals surface area contributed by atoms with Crippen LogP contribution in [0.5, 0.6) is 0 Å². The second kappa shape index (κ2) is 6.50. The lowest BCUT2D eigenvalue weighted by atomic mass is 9.66. The highest BCUT2D eigenvalue weighted by Gasteiger charge is 2.45. The minimum Gasteiger partial charge on any atom is -0.481 e. The van der Waals surface area contributed by atoms with E-state index in [9.17, 15) is 19.1 Å². The maximum absolute atomic E-state index is 13.1. The van der Waals surface area contributed by atoms with E-state index in [4.69, 9.17) is 4.42 Å². The molecule has 7 heteroatoms. The van der Waals surface area contributed by atoms with Gasteiger partial charge in [0.05, 0.1) is 5.41 Å². The highest BCUT2D eigenvalue weighted by Crippen LogP contribution is 2.44. The number of aromatic nitrogens is 1. The van der Waals surface area contributed by atoms with Crippen molar-refractivity contribution in [3.05, 3.63) is 48.3 Å². The minimum absolute atomic E-state index is 0.0440. The first-order chi connectivity index (χ1) is 12.9. The number of nitrogens with zero attached hydrogens (tertiary/aromatic N) is 1. The smallest absolute Gasteiger partial charge is 0.310 e. The van der Waals surface area contributed by atoms with E-state index >= 15 is 0 Å². The number of hydrogen-bond donors (Lipinski definition) is 2. The Hall–Kier alpha value is -3.22. The fourth-order valence-electron chi connectivity index (χ4n) is 3.30. The Morgan fingerprint density at radius 3 is 2.56 bits per heavy atom. The number of anilines is 1. The summed E-state index contributed by atoms with van der Waals surface area (Å²) in [7, 11) is 0. The van der Waals surface area contributed by atoms with Crippen molar-refractivity contribution < 1.29 is 23.5 Å². The van der Waals surface area contributed by atoms with Crippen molar-refractivity contribution in [1.29, 1.82) is 0 Å². The molecule has 138 valence electrons. The second-order valence-electron chi connectivity index (χ2n) is 6.87. The summed E-state index contributed by atoms with van der Waals surface area (Å²) >= 11 is 0. The maximum Gasteiger partial charge on any atom is 0.310 e. The molecule has 0 radical (unpaired) electrons. The number of hydrogen-bond acceptors (Lipinski definition) is 4. The molecule has 0 atom stereocenters. The Morgan fingerprint density at radius 2 is 1.93 bits per heavy atom. The zero-order valence-corrected chi connectivity index (χ0v) is 14.4. The molecule has 6 nitrogen and oxygen atoms in total. The fourth-order valence-corrected chi connectivity index (χ4v) is 3.30.